The van der Waals surface area contributed by atoms with E-state index in [4.69, 9.17) is 15.9 Å². The highest BCUT2D eigenvalue weighted by molar-refractivity contribution is 6.17. The van der Waals surface area contributed by atoms with Crippen LogP contribution in [0.3, 0.4) is 0 Å². The first-order valence-electron chi connectivity index (χ1n) is 12.1. The van der Waals surface area contributed by atoms with Crippen LogP contribution in [0.2, 0.25) is 0 Å². The van der Waals surface area contributed by atoms with Gasteiger partial charge in [-0.2, -0.15) is 0 Å². The number of ketones is 1. The minimum absolute atomic E-state index is 0.0391. The monoisotopic (exact) mass is 472 g/mol. The van der Waals surface area contributed by atoms with E-state index in [9.17, 15) is 15.0 Å². The number of benzene rings is 3. The van der Waals surface area contributed by atoms with Gasteiger partial charge >= 0.3 is 0 Å². The topological polar surface area (TPSA) is 123 Å². The number of fused-ring (bicyclic) bond motifs is 1. The number of nitrogen functional groups attached to an aromatic ring is 2. The van der Waals surface area contributed by atoms with Crippen molar-refractivity contribution < 1.29 is 19.4 Å². The molecule has 0 aliphatic heterocycles. The van der Waals surface area contributed by atoms with Gasteiger partial charge in [0.1, 0.15) is 17.1 Å². The summed E-state index contributed by atoms with van der Waals surface area (Å²) in [5.41, 5.74) is 15.1. The molecule has 35 heavy (non-hydrogen) atoms. The second-order valence-electron chi connectivity index (χ2n) is 9.01. The highest BCUT2D eigenvalue weighted by Gasteiger charge is 2.24. The molecule has 0 amide bonds. The molecule has 0 aliphatic carbocycles. The zero-order valence-corrected chi connectivity index (χ0v) is 20.0. The van der Waals surface area contributed by atoms with Crippen LogP contribution >= 0.6 is 0 Å². The molecule has 6 N–H and O–H groups in total. The van der Waals surface area contributed by atoms with Gasteiger partial charge in [-0.15, -0.1) is 0 Å². The highest BCUT2D eigenvalue weighted by Crippen LogP contribution is 2.36. The molecule has 6 nitrogen and oxygen atoms in total. The minimum atomic E-state index is -0.301. The van der Waals surface area contributed by atoms with Gasteiger partial charge < -0.3 is 26.1 Å². The molecule has 4 aromatic rings. The number of unbranched alkanes of at least 4 members (excludes halogenated alkanes) is 2. The van der Waals surface area contributed by atoms with E-state index in [1.165, 1.54) is 17.7 Å². The van der Waals surface area contributed by atoms with Crippen LogP contribution in [-0.4, -0.2) is 16.0 Å². The average Bonchev–Trinajstić information content (AvgIpc) is 3.19. The molecule has 1 aromatic heterocycles. The van der Waals surface area contributed by atoms with Crippen LogP contribution in [0.15, 0.2) is 59.0 Å². The zero-order chi connectivity index (χ0) is 24.9. The first-order chi connectivity index (χ1) is 16.9. The van der Waals surface area contributed by atoms with Crippen LogP contribution in [-0.2, 0) is 19.3 Å². The summed E-state index contributed by atoms with van der Waals surface area (Å²) < 4.78 is 6.19. The van der Waals surface area contributed by atoms with E-state index in [-0.39, 0.29) is 34.2 Å². The first kappa shape index (κ1) is 24.2. The van der Waals surface area contributed by atoms with E-state index in [1.807, 2.05) is 24.3 Å². The van der Waals surface area contributed by atoms with Crippen molar-refractivity contribution in [1.82, 2.24) is 0 Å². The molecular formula is C29H32N2O4. The molecule has 0 atom stereocenters. The van der Waals surface area contributed by atoms with Gasteiger partial charge in [0.05, 0.1) is 16.9 Å². The van der Waals surface area contributed by atoms with Gasteiger partial charge in [0, 0.05) is 17.4 Å². The SMILES string of the molecule is CCCCCc1oc2cc(CCCc3ccccc3)c(O)cc2c1C(=O)c1cc(N)c(O)c(N)c1. The van der Waals surface area contributed by atoms with Gasteiger partial charge in [0.25, 0.3) is 0 Å². The fraction of sp³-hybridized carbons (Fsp3) is 0.276. The molecule has 0 saturated heterocycles. The molecule has 0 aliphatic rings. The number of aromatic hydroxyl groups is 2. The summed E-state index contributed by atoms with van der Waals surface area (Å²) in [6, 6.07) is 16.5. The Morgan fingerprint density at radius 3 is 2.29 bits per heavy atom. The van der Waals surface area contributed by atoms with Crippen molar-refractivity contribution in [3.05, 3.63) is 82.6 Å². The number of phenols is 2. The Bertz CT molecular complexity index is 1320. The van der Waals surface area contributed by atoms with Crippen molar-refractivity contribution in [1.29, 1.82) is 0 Å². The third-order valence-corrected chi connectivity index (χ3v) is 6.38. The molecule has 0 fully saturated rings. The van der Waals surface area contributed by atoms with Gasteiger partial charge in [-0.25, -0.2) is 0 Å². The fourth-order valence-corrected chi connectivity index (χ4v) is 4.47. The van der Waals surface area contributed by atoms with Crippen LogP contribution in [0, 0.1) is 0 Å². The van der Waals surface area contributed by atoms with Crippen LogP contribution in [0.25, 0.3) is 11.0 Å². The smallest absolute Gasteiger partial charge is 0.197 e. The first-order valence-corrected chi connectivity index (χ1v) is 12.1. The molecule has 1 heterocycles. The molecule has 0 spiro atoms. The second-order valence-corrected chi connectivity index (χ2v) is 9.01. The molecule has 3 aromatic carbocycles. The Labute approximate surface area is 205 Å². The normalized spacial score (nSPS) is 11.2. The summed E-state index contributed by atoms with van der Waals surface area (Å²) in [6.07, 6.45) is 6.03. The summed E-state index contributed by atoms with van der Waals surface area (Å²) >= 11 is 0. The van der Waals surface area contributed by atoms with E-state index < -0.39 is 0 Å². The Morgan fingerprint density at radius 1 is 0.886 bits per heavy atom. The predicted molar refractivity (Wildman–Crippen MR) is 140 cm³/mol. The van der Waals surface area contributed by atoms with E-state index >= 15 is 0 Å². The van der Waals surface area contributed by atoms with Crippen molar-refractivity contribution in [3.8, 4) is 11.5 Å². The number of hydrogen-bond acceptors (Lipinski definition) is 6. The van der Waals surface area contributed by atoms with E-state index in [1.54, 1.807) is 6.07 Å². The highest BCUT2D eigenvalue weighted by atomic mass is 16.3. The Balaban J connectivity index is 1.69. The number of phenolic OH excluding ortho intramolecular Hbond substituents is 2. The van der Waals surface area contributed by atoms with Gasteiger partial charge in [-0.1, -0.05) is 50.1 Å². The molecule has 6 heteroatoms. The van der Waals surface area contributed by atoms with Crippen LogP contribution < -0.4 is 11.5 Å². The van der Waals surface area contributed by atoms with E-state index in [2.05, 4.69) is 19.1 Å². The Hall–Kier alpha value is -3.93. The number of furan rings is 1. The quantitative estimate of drug-likeness (QED) is 0.0950. The van der Waals surface area contributed by atoms with Crippen molar-refractivity contribution in [3.63, 3.8) is 0 Å². The standard InChI is InChI=1S/C29H32N2O4/c1-2-3-5-13-25-27(28(33)20-14-22(30)29(34)23(31)15-20)21-17-24(32)19(16-26(21)35-25)12-8-11-18-9-6-4-7-10-18/h4,6-7,9-10,14-17,32,34H,2-3,5,8,11-13,30-31H2,1H3. The molecular weight excluding hydrogens is 440 g/mol. The number of rotatable bonds is 10. The molecule has 182 valence electrons. The van der Waals surface area contributed by atoms with Crippen molar-refractivity contribution in [2.45, 2.75) is 51.9 Å². The summed E-state index contributed by atoms with van der Waals surface area (Å²) in [6.45, 7) is 2.12. The molecule has 0 bridgehead atoms. The number of anilines is 2. The minimum Gasteiger partial charge on any atom is -0.508 e. The molecule has 0 saturated carbocycles. The largest absolute Gasteiger partial charge is 0.508 e. The summed E-state index contributed by atoms with van der Waals surface area (Å²) in [5.74, 6) is 0.194. The maximum Gasteiger partial charge on any atom is 0.197 e. The summed E-state index contributed by atoms with van der Waals surface area (Å²) in [5, 5.41) is 21.3. The van der Waals surface area contributed by atoms with Crippen molar-refractivity contribution in [2.24, 2.45) is 0 Å². The van der Waals surface area contributed by atoms with Gasteiger partial charge in [-0.05, 0) is 61.1 Å². The third kappa shape index (κ3) is 5.27. The third-order valence-electron chi connectivity index (χ3n) is 6.38. The Morgan fingerprint density at radius 2 is 1.60 bits per heavy atom. The van der Waals surface area contributed by atoms with Crippen LogP contribution in [0.4, 0.5) is 11.4 Å². The van der Waals surface area contributed by atoms with Crippen molar-refractivity contribution >= 4 is 28.1 Å². The van der Waals surface area contributed by atoms with E-state index in [0.29, 0.717) is 35.1 Å². The average molecular weight is 473 g/mol. The lowest BCUT2D eigenvalue weighted by atomic mass is 9.95. The maximum atomic E-state index is 13.6. The number of hydrogen-bond donors (Lipinski definition) is 4. The fourth-order valence-electron chi connectivity index (χ4n) is 4.47. The number of carbonyl (C=O) groups excluding carboxylic acids is 1. The lowest BCUT2D eigenvalue weighted by molar-refractivity contribution is 0.103. The summed E-state index contributed by atoms with van der Waals surface area (Å²) in [7, 11) is 0. The maximum absolute atomic E-state index is 13.6. The lowest BCUT2D eigenvalue weighted by Crippen LogP contribution is -2.06. The lowest BCUT2D eigenvalue weighted by Gasteiger charge is -2.08. The van der Waals surface area contributed by atoms with Gasteiger partial charge in [-0.3, -0.25) is 4.79 Å². The summed E-state index contributed by atoms with van der Waals surface area (Å²) in [4.78, 5) is 13.6. The number of aryl methyl sites for hydroxylation is 3. The molecule has 4 rings (SSSR count). The van der Waals surface area contributed by atoms with Crippen LogP contribution in [0.5, 0.6) is 11.5 Å². The molecule has 0 radical (unpaired) electrons. The zero-order valence-electron chi connectivity index (χ0n) is 20.0. The number of carbonyl (C=O) groups is 1. The molecule has 0 unspecified atom stereocenters. The second kappa shape index (κ2) is 10.6. The van der Waals surface area contributed by atoms with E-state index in [0.717, 1.165) is 37.7 Å². The van der Waals surface area contributed by atoms with Gasteiger partial charge in [0.15, 0.2) is 11.5 Å². The van der Waals surface area contributed by atoms with Crippen molar-refractivity contribution in [2.75, 3.05) is 11.5 Å². The van der Waals surface area contributed by atoms with Crippen LogP contribution in [0.1, 0.15) is 65.4 Å². The Kier molecular flexibility index (Phi) is 7.30. The number of nitrogens with two attached hydrogens (primary N) is 2. The van der Waals surface area contributed by atoms with Gasteiger partial charge in [0.2, 0.25) is 0 Å². The predicted octanol–water partition coefficient (Wildman–Crippen LogP) is 6.15.